The lowest BCUT2D eigenvalue weighted by Crippen LogP contribution is -2.37. The van der Waals surface area contributed by atoms with E-state index in [2.05, 4.69) is 16.0 Å². The van der Waals surface area contributed by atoms with E-state index in [1.807, 2.05) is 91.0 Å². The zero-order chi connectivity index (χ0) is 29.0. The summed E-state index contributed by atoms with van der Waals surface area (Å²) < 4.78 is 0. The first kappa shape index (κ1) is 29.2. The largest absolute Gasteiger partial charge is 0.351 e. The van der Waals surface area contributed by atoms with Gasteiger partial charge in [0, 0.05) is 42.4 Å². The van der Waals surface area contributed by atoms with Gasteiger partial charge in [0.1, 0.15) is 0 Å². The van der Waals surface area contributed by atoms with Crippen LogP contribution in [0.15, 0.2) is 109 Å². The van der Waals surface area contributed by atoms with Gasteiger partial charge in [0.2, 0.25) is 11.8 Å². The van der Waals surface area contributed by atoms with E-state index in [0.29, 0.717) is 24.3 Å². The van der Waals surface area contributed by atoms with Crippen molar-refractivity contribution in [3.8, 4) is 0 Å². The van der Waals surface area contributed by atoms with Crippen LogP contribution in [-0.4, -0.2) is 36.9 Å². The van der Waals surface area contributed by atoms with E-state index in [1.54, 1.807) is 18.2 Å². The van der Waals surface area contributed by atoms with Crippen LogP contribution in [0.4, 0.5) is 11.4 Å². The molecule has 4 aromatic rings. The predicted molar refractivity (Wildman–Crippen MR) is 163 cm³/mol. The molecule has 8 nitrogen and oxygen atoms in total. The molecule has 0 spiro atoms. The van der Waals surface area contributed by atoms with Crippen LogP contribution >= 0.6 is 0 Å². The number of rotatable bonds is 12. The third-order valence-electron chi connectivity index (χ3n) is 6.62. The van der Waals surface area contributed by atoms with E-state index in [-0.39, 0.29) is 36.3 Å². The van der Waals surface area contributed by atoms with Gasteiger partial charge in [-0.25, -0.2) is 0 Å². The van der Waals surface area contributed by atoms with Crippen LogP contribution in [0.25, 0.3) is 0 Å². The summed E-state index contributed by atoms with van der Waals surface area (Å²) in [6.45, 7) is 0.532. The van der Waals surface area contributed by atoms with Gasteiger partial charge in [0.15, 0.2) is 0 Å². The molecular formula is C33H35N5O3. The van der Waals surface area contributed by atoms with Crippen LogP contribution in [0.2, 0.25) is 0 Å². The third-order valence-corrected chi connectivity index (χ3v) is 6.62. The number of benzene rings is 4. The van der Waals surface area contributed by atoms with Gasteiger partial charge < -0.3 is 27.4 Å². The number of hydrogen-bond donors (Lipinski definition) is 5. The van der Waals surface area contributed by atoms with Crippen molar-refractivity contribution in [3.63, 3.8) is 0 Å². The topological polar surface area (TPSA) is 139 Å². The van der Waals surface area contributed by atoms with E-state index in [4.69, 9.17) is 11.5 Å². The third kappa shape index (κ3) is 8.60. The summed E-state index contributed by atoms with van der Waals surface area (Å²) in [6, 6.07) is 33.3. The smallest absolute Gasteiger partial charge is 0.251 e. The number of amides is 3. The molecule has 0 fully saturated rings. The molecule has 1 atom stereocenters. The fraction of sp³-hybridized carbons (Fsp3) is 0.182. The van der Waals surface area contributed by atoms with Crippen LogP contribution in [0.3, 0.4) is 0 Å². The van der Waals surface area contributed by atoms with Crippen molar-refractivity contribution in [3.05, 3.63) is 131 Å². The van der Waals surface area contributed by atoms with E-state index in [9.17, 15) is 14.4 Å². The zero-order valence-corrected chi connectivity index (χ0v) is 22.8. The highest BCUT2D eigenvalue weighted by Gasteiger charge is 2.19. The van der Waals surface area contributed by atoms with Crippen molar-refractivity contribution in [2.75, 3.05) is 23.7 Å². The second-order valence-corrected chi connectivity index (χ2v) is 9.76. The number of carbonyl (C=O) groups is 3. The Bertz CT molecular complexity index is 1410. The first-order chi connectivity index (χ1) is 19.9. The summed E-state index contributed by atoms with van der Waals surface area (Å²) in [6.07, 6.45) is 0.475. The Morgan fingerprint density at radius 1 is 0.707 bits per heavy atom. The van der Waals surface area contributed by atoms with Crippen LogP contribution in [0, 0.1) is 0 Å². The number of hydrogen-bond acceptors (Lipinski definition) is 5. The van der Waals surface area contributed by atoms with Crippen LogP contribution < -0.4 is 27.4 Å². The van der Waals surface area contributed by atoms with Gasteiger partial charge in [0.05, 0.1) is 6.04 Å². The first-order valence-electron chi connectivity index (χ1n) is 13.6. The molecule has 4 aromatic carbocycles. The van der Waals surface area contributed by atoms with E-state index >= 15 is 0 Å². The molecule has 0 saturated heterocycles. The van der Waals surface area contributed by atoms with Gasteiger partial charge in [-0.1, -0.05) is 91.0 Å². The Hall–Kier alpha value is -4.79. The molecule has 210 valence electrons. The molecule has 0 aliphatic rings. The molecule has 0 saturated carbocycles. The maximum Gasteiger partial charge on any atom is 0.251 e. The molecule has 0 radical (unpaired) electrons. The molecule has 7 N–H and O–H groups in total. The summed E-state index contributed by atoms with van der Waals surface area (Å²) in [5.74, 6) is -1.11. The Labute approximate surface area is 240 Å². The lowest BCUT2D eigenvalue weighted by molar-refractivity contribution is -0.117. The summed E-state index contributed by atoms with van der Waals surface area (Å²) >= 11 is 0. The van der Waals surface area contributed by atoms with Crippen LogP contribution in [0.1, 0.15) is 39.4 Å². The lowest BCUT2D eigenvalue weighted by Gasteiger charge is -2.19. The quantitative estimate of drug-likeness (QED) is 0.181. The fourth-order valence-corrected chi connectivity index (χ4v) is 4.55. The minimum Gasteiger partial charge on any atom is -0.351 e. The van der Waals surface area contributed by atoms with Gasteiger partial charge in [-0.2, -0.15) is 0 Å². The highest BCUT2D eigenvalue weighted by Crippen LogP contribution is 2.25. The molecule has 0 heterocycles. The lowest BCUT2D eigenvalue weighted by atomic mass is 9.91. The SMILES string of the molecule is NCCC(=O)Nc1cc(NC(=O)[C@@H](N)Cc2ccccc2)cc(C(=O)NCC(c2ccccc2)c2ccccc2)c1. The normalized spacial score (nSPS) is 11.5. The van der Waals surface area contributed by atoms with Gasteiger partial charge in [-0.15, -0.1) is 0 Å². The van der Waals surface area contributed by atoms with Crippen LogP contribution in [-0.2, 0) is 16.0 Å². The summed E-state index contributed by atoms with van der Waals surface area (Å²) in [4.78, 5) is 38.6. The molecular weight excluding hydrogens is 514 g/mol. The standard InChI is InChI=1S/C33H35N5O3/c34-17-16-31(39)37-27-19-26(20-28(21-27)38-33(41)30(35)18-23-10-4-1-5-11-23)32(40)36-22-29(24-12-6-2-7-13-24)25-14-8-3-9-15-25/h1-15,19-21,29-30H,16-18,22,34-35H2,(H,36,40)(H,37,39)(H,38,41)/t30-/m0/s1. The number of nitrogens with one attached hydrogen (secondary N) is 3. The van der Waals surface area contributed by atoms with Crippen molar-refractivity contribution in [1.29, 1.82) is 0 Å². The highest BCUT2D eigenvalue weighted by molar-refractivity contribution is 6.01. The Morgan fingerprint density at radius 3 is 1.80 bits per heavy atom. The number of nitrogens with two attached hydrogens (primary N) is 2. The molecule has 0 aliphatic carbocycles. The van der Waals surface area contributed by atoms with Crippen molar-refractivity contribution in [1.82, 2.24) is 5.32 Å². The molecule has 4 rings (SSSR count). The second kappa shape index (κ2) is 14.6. The van der Waals surface area contributed by atoms with Gasteiger partial charge >= 0.3 is 0 Å². The van der Waals surface area contributed by atoms with E-state index in [0.717, 1.165) is 16.7 Å². The average molecular weight is 550 g/mol. The first-order valence-corrected chi connectivity index (χ1v) is 13.6. The maximum absolute atomic E-state index is 13.4. The summed E-state index contributed by atoms with van der Waals surface area (Å²) in [7, 11) is 0. The summed E-state index contributed by atoms with van der Waals surface area (Å²) in [5.41, 5.74) is 15.8. The van der Waals surface area contributed by atoms with E-state index in [1.165, 1.54) is 0 Å². The monoisotopic (exact) mass is 549 g/mol. The van der Waals surface area contributed by atoms with Gasteiger partial charge in [-0.3, -0.25) is 14.4 Å². The molecule has 3 amide bonds. The average Bonchev–Trinajstić information content (AvgIpc) is 2.98. The Kier molecular flexibility index (Phi) is 10.4. The molecule has 41 heavy (non-hydrogen) atoms. The number of anilines is 2. The molecule has 0 aromatic heterocycles. The van der Waals surface area contributed by atoms with E-state index < -0.39 is 11.9 Å². The van der Waals surface area contributed by atoms with Crippen molar-refractivity contribution < 1.29 is 14.4 Å². The van der Waals surface area contributed by atoms with Gasteiger partial charge in [0.25, 0.3) is 5.91 Å². The highest BCUT2D eigenvalue weighted by atomic mass is 16.2. The van der Waals surface area contributed by atoms with Gasteiger partial charge in [-0.05, 0) is 41.3 Å². The minimum absolute atomic E-state index is 0.0658. The van der Waals surface area contributed by atoms with Crippen LogP contribution in [0.5, 0.6) is 0 Å². The molecule has 0 bridgehead atoms. The molecule has 8 heteroatoms. The zero-order valence-electron chi connectivity index (χ0n) is 22.8. The number of carbonyl (C=O) groups excluding carboxylic acids is 3. The summed E-state index contributed by atoms with van der Waals surface area (Å²) in [5, 5.41) is 8.58. The Morgan fingerprint density at radius 2 is 1.24 bits per heavy atom. The maximum atomic E-state index is 13.4. The minimum atomic E-state index is -0.803. The predicted octanol–water partition coefficient (Wildman–Crippen LogP) is 4.04. The Balaban J connectivity index is 1.53. The fourth-order valence-electron chi connectivity index (χ4n) is 4.55. The molecule has 0 unspecified atom stereocenters. The molecule has 0 aliphatic heterocycles. The van der Waals surface area contributed by atoms with Crippen molar-refractivity contribution >= 4 is 29.1 Å². The second-order valence-electron chi connectivity index (χ2n) is 9.76. The van der Waals surface area contributed by atoms with Crippen molar-refractivity contribution in [2.45, 2.75) is 24.8 Å². The van der Waals surface area contributed by atoms with Crippen molar-refractivity contribution in [2.24, 2.45) is 11.5 Å².